The van der Waals surface area contributed by atoms with Crippen LogP contribution in [0.4, 0.5) is 13.2 Å². The van der Waals surface area contributed by atoms with Gasteiger partial charge in [-0.25, -0.2) is 13.8 Å². The van der Waals surface area contributed by atoms with Gasteiger partial charge in [-0.3, -0.25) is 0 Å². The molecule has 0 atom stereocenters. The molecule has 0 spiro atoms. The molecule has 1 aromatic rings. The monoisotopic (exact) mass is 216 g/mol. The van der Waals surface area contributed by atoms with E-state index < -0.39 is 18.1 Å². The van der Waals surface area contributed by atoms with Gasteiger partial charge in [-0.15, -0.1) is 0 Å². The van der Waals surface area contributed by atoms with Crippen LogP contribution < -0.4 is 4.74 Å². The highest BCUT2D eigenvalue weighted by Crippen LogP contribution is 2.26. The van der Waals surface area contributed by atoms with Crippen molar-refractivity contribution in [3.63, 3.8) is 0 Å². The largest absolute Gasteiger partial charge is 0.492 e. The summed E-state index contributed by atoms with van der Waals surface area (Å²) in [5, 5.41) is 8.42. The summed E-state index contributed by atoms with van der Waals surface area (Å²) in [6.07, 6.45) is -3.08. The van der Waals surface area contributed by atoms with Crippen LogP contribution in [0, 0.1) is 17.3 Å². The van der Waals surface area contributed by atoms with Crippen LogP contribution in [0.5, 0.6) is 5.75 Å². The van der Waals surface area contributed by atoms with Crippen LogP contribution in [0.15, 0.2) is 6.07 Å². The number of rotatable bonds is 3. The van der Waals surface area contributed by atoms with E-state index in [2.05, 4.69) is 9.72 Å². The molecule has 15 heavy (non-hydrogen) atoms. The third kappa shape index (κ3) is 2.37. The Hall–Kier alpha value is -1.77. The molecule has 0 radical (unpaired) electrons. The Morgan fingerprint density at radius 2 is 2.27 bits per heavy atom. The quantitative estimate of drug-likeness (QED) is 0.728. The molecular formula is C9H7F3N2O. The summed E-state index contributed by atoms with van der Waals surface area (Å²) >= 11 is 0. The zero-order valence-electron chi connectivity index (χ0n) is 7.80. The van der Waals surface area contributed by atoms with Crippen molar-refractivity contribution in [3.8, 4) is 11.8 Å². The van der Waals surface area contributed by atoms with E-state index in [4.69, 9.17) is 5.26 Å². The van der Waals surface area contributed by atoms with E-state index in [1.807, 2.05) is 0 Å². The molecule has 0 aromatic carbocycles. The average Bonchev–Trinajstić information content (AvgIpc) is 2.17. The molecule has 0 N–H and O–H groups in total. The highest BCUT2D eigenvalue weighted by atomic mass is 19.3. The first-order chi connectivity index (χ1) is 7.10. The maximum atomic E-state index is 13.1. The number of hydrogen-bond acceptors (Lipinski definition) is 3. The minimum Gasteiger partial charge on any atom is -0.492 e. The molecule has 80 valence electrons. The Labute approximate surface area is 84.1 Å². The van der Waals surface area contributed by atoms with Crippen LogP contribution in [0.1, 0.15) is 17.7 Å². The lowest BCUT2D eigenvalue weighted by Crippen LogP contribution is -2.02. The standard InChI is InChI=1S/C9H7F3N2O/c1-15-7-5(2-3-13)4-6(8(10)11)14-9(7)12/h4,8H,2H2,1H3. The number of halogens is 3. The Morgan fingerprint density at radius 1 is 1.60 bits per heavy atom. The van der Waals surface area contributed by atoms with Gasteiger partial charge in [0.15, 0.2) is 5.75 Å². The smallest absolute Gasteiger partial charge is 0.280 e. The highest BCUT2D eigenvalue weighted by Gasteiger charge is 2.17. The Bertz CT molecular complexity index is 401. The van der Waals surface area contributed by atoms with Crippen LogP contribution in [0.25, 0.3) is 0 Å². The first kappa shape index (κ1) is 11.3. The molecule has 0 saturated heterocycles. The fourth-order valence-electron chi connectivity index (χ4n) is 1.12. The Morgan fingerprint density at radius 3 is 2.73 bits per heavy atom. The molecule has 0 saturated carbocycles. The predicted molar refractivity (Wildman–Crippen MR) is 45.0 cm³/mol. The molecule has 0 fully saturated rings. The van der Waals surface area contributed by atoms with Gasteiger partial charge in [-0.2, -0.15) is 9.65 Å². The summed E-state index contributed by atoms with van der Waals surface area (Å²) in [5.41, 5.74) is -0.624. The number of ether oxygens (including phenoxy) is 1. The lowest BCUT2D eigenvalue weighted by atomic mass is 10.1. The van der Waals surface area contributed by atoms with Gasteiger partial charge in [-0.05, 0) is 6.07 Å². The molecule has 3 nitrogen and oxygen atoms in total. The molecule has 0 aliphatic heterocycles. The zero-order chi connectivity index (χ0) is 11.4. The second-order valence-electron chi connectivity index (χ2n) is 2.67. The van der Waals surface area contributed by atoms with Crippen LogP contribution in [-0.2, 0) is 6.42 Å². The molecule has 0 unspecified atom stereocenters. The number of alkyl halides is 2. The molecule has 6 heteroatoms. The predicted octanol–water partition coefficient (Wildman–Crippen LogP) is 2.23. The second-order valence-corrected chi connectivity index (χ2v) is 2.67. The summed E-state index contributed by atoms with van der Waals surface area (Å²) in [6, 6.07) is 2.70. The Kier molecular flexibility index (Phi) is 3.50. The van der Waals surface area contributed by atoms with Gasteiger partial charge in [0.2, 0.25) is 0 Å². The number of hydrogen-bond donors (Lipinski definition) is 0. The molecular weight excluding hydrogens is 209 g/mol. The van der Waals surface area contributed by atoms with Crippen molar-refractivity contribution in [1.29, 1.82) is 5.26 Å². The third-order valence-corrected chi connectivity index (χ3v) is 1.73. The van der Waals surface area contributed by atoms with Crippen LogP contribution in [-0.4, -0.2) is 12.1 Å². The van der Waals surface area contributed by atoms with Gasteiger partial charge in [0.05, 0.1) is 19.6 Å². The van der Waals surface area contributed by atoms with Crippen molar-refractivity contribution in [2.45, 2.75) is 12.8 Å². The number of aromatic nitrogens is 1. The summed E-state index contributed by atoms with van der Waals surface area (Å²) in [7, 11) is 1.18. The Balaban J connectivity index is 3.26. The maximum Gasteiger partial charge on any atom is 0.280 e. The van der Waals surface area contributed by atoms with Crippen molar-refractivity contribution < 1.29 is 17.9 Å². The molecule has 1 rings (SSSR count). The van der Waals surface area contributed by atoms with Gasteiger partial charge in [0, 0.05) is 5.56 Å². The van der Waals surface area contributed by atoms with Gasteiger partial charge in [0.1, 0.15) is 5.69 Å². The lowest BCUT2D eigenvalue weighted by Gasteiger charge is -2.08. The van der Waals surface area contributed by atoms with E-state index in [1.165, 1.54) is 7.11 Å². The number of nitrogens with zero attached hydrogens (tertiary/aromatic N) is 2. The van der Waals surface area contributed by atoms with E-state index in [1.54, 1.807) is 6.07 Å². The number of pyridine rings is 1. The normalized spacial score (nSPS) is 10.1. The summed E-state index contributed by atoms with van der Waals surface area (Å²) in [5.74, 6) is -1.39. The van der Waals surface area contributed by atoms with E-state index in [0.29, 0.717) is 0 Å². The molecule has 0 bridgehead atoms. The zero-order valence-corrected chi connectivity index (χ0v) is 7.80. The van der Waals surface area contributed by atoms with Crippen molar-refractivity contribution in [2.24, 2.45) is 0 Å². The van der Waals surface area contributed by atoms with E-state index in [9.17, 15) is 13.2 Å². The number of nitriles is 1. The van der Waals surface area contributed by atoms with Crippen LogP contribution >= 0.6 is 0 Å². The van der Waals surface area contributed by atoms with Gasteiger partial charge in [0.25, 0.3) is 12.4 Å². The molecule has 1 aromatic heterocycles. The van der Waals surface area contributed by atoms with Crippen molar-refractivity contribution in [3.05, 3.63) is 23.3 Å². The second kappa shape index (κ2) is 4.64. The van der Waals surface area contributed by atoms with Crippen LogP contribution in [0.3, 0.4) is 0 Å². The maximum absolute atomic E-state index is 13.1. The van der Waals surface area contributed by atoms with E-state index >= 15 is 0 Å². The van der Waals surface area contributed by atoms with Crippen molar-refractivity contribution in [2.75, 3.05) is 7.11 Å². The summed E-state index contributed by atoms with van der Waals surface area (Å²) in [6.45, 7) is 0. The van der Waals surface area contributed by atoms with Crippen molar-refractivity contribution >= 4 is 0 Å². The van der Waals surface area contributed by atoms with E-state index in [-0.39, 0.29) is 17.7 Å². The lowest BCUT2D eigenvalue weighted by molar-refractivity contribution is 0.144. The topological polar surface area (TPSA) is 45.9 Å². The number of methoxy groups -OCH3 is 1. The molecule has 0 aliphatic rings. The molecule has 0 amide bonds. The van der Waals surface area contributed by atoms with Gasteiger partial charge >= 0.3 is 0 Å². The fraction of sp³-hybridized carbons (Fsp3) is 0.333. The fourth-order valence-corrected chi connectivity index (χ4v) is 1.12. The first-order valence-corrected chi connectivity index (χ1v) is 3.98. The third-order valence-electron chi connectivity index (χ3n) is 1.73. The summed E-state index contributed by atoms with van der Waals surface area (Å²) in [4.78, 5) is 3.04. The summed E-state index contributed by atoms with van der Waals surface area (Å²) < 4.78 is 42.2. The average molecular weight is 216 g/mol. The minimum atomic E-state index is -2.87. The van der Waals surface area contributed by atoms with Crippen molar-refractivity contribution in [1.82, 2.24) is 4.98 Å². The SMILES string of the molecule is COc1c(CC#N)cc(C(F)F)nc1F. The highest BCUT2D eigenvalue weighted by molar-refractivity contribution is 5.36. The van der Waals surface area contributed by atoms with Crippen LogP contribution in [0.2, 0.25) is 0 Å². The molecule has 0 aliphatic carbocycles. The van der Waals surface area contributed by atoms with Gasteiger partial charge in [-0.1, -0.05) is 0 Å². The van der Waals surface area contributed by atoms with Gasteiger partial charge < -0.3 is 4.74 Å². The molecule has 1 heterocycles. The first-order valence-electron chi connectivity index (χ1n) is 3.98. The van der Waals surface area contributed by atoms with E-state index in [0.717, 1.165) is 6.07 Å². The minimum absolute atomic E-state index is 0.0720.